The summed E-state index contributed by atoms with van der Waals surface area (Å²) in [5, 5.41) is 3.44. The molecule has 0 bridgehead atoms. The first-order chi connectivity index (χ1) is 9.12. The molecule has 112 valence electrons. The Morgan fingerprint density at radius 3 is 2.74 bits per heavy atom. The highest BCUT2D eigenvalue weighted by molar-refractivity contribution is 7.99. The van der Waals surface area contributed by atoms with E-state index in [0.29, 0.717) is 12.5 Å². The first-order valence-electron chi connectivity index (χ1n) is 7.50. The summed E-state index contributed by atoms with van der Waals surface area (Å²) in [5.41, 5.74) is 0.287. The van der Waals surface area contributed by atoms with Crippen molar-refractivity contribution in [2.75, 3.05) is 25.2 Å². The number of ether oxygens (including phenoxy) is 1. The monoisotopic (exact) mass is 287 g/mol. The van der Waals surface area contributed by atoms with Gasteiger partial charge in [0.15, 0.2) is 0 Å². The summed E-state index contributed by atoms with van der Waals surface area (Å²) in [6.45, 7) is 5.47. The highest BCUT2D eigenvalue weighted by Gasteiger charge is 2.44. The quantitative estimate of drug-likeness (QED) is 0.468. The van der Waals surface area contributed by atoms with Crippen LogP contribution in [0.1, 0.15) is 52.4 Å². The van der Waals surface area contributed by atoms with Crippen molar-refractivity contribution in [3.63, 3.8) is 0 Å². The maximum atomic E-state index is 11.3. The van der Waals surface area contributed by atoms with Crippen molar-refractivity contribution in [1.29, 1.82) is 0 Å². The maximum absolute atomic E-state index is 11.3. The molecule has 1 rings (SSSR count). The van der Waals surface area contributed by atoms with Crippen LogP contribution in [-0.2, 0) is 9.53 Å². The normalized spacial score (nSPS) is 18.1. The van der Waals surface area contributed by atoms with Gasteiger partial charge in [0, 0.05) is 6.04 Å². The Bertz CT molecular complexity index is 267. The third-order valence-corrected chi connectivity index (χ3v) is 5.23. The Balaban J connectivity index is 1.97. The van der Waals surface area contributed by atoms with E-state index in [1.165, 1.54) is 45.0 Å². The van der Waals surface area contributed by atoms with Gasteiger partial charge in [-0.05, 0) is 56.1 Å². The minimum absolute atomic E-state index is 0.0439. The molecule has 0 aromatic rings. The molecule has 1 saturated carbocycles. The van der Waals surface area contributed by atoms with E-state index in [-0.39, 0.29) is 11.4 Å². The fourth-order valence-electron chi connectivity index (χ4n) is 2.32. The molecule has 1 unspecified atom stereocenters. The summed E-state index contributed by atoms with van der Waals surface area (Å²) >= 11 is 2.01. The summed E-state index contributed by atoms with van der Waals surface area (Å²) in [4.78, 5) is 11.3. The van der Waals surface area contributed by atoms with Crippen LogP contribution in [0.5, 0.6) is 0 Å². The van der Waals surface area contributed by atoms with E-state index < -0.39 is 0 Å². The molecule has 0 heterocycles. The summed E-state index contributed by atoms with van der Waals surface area (Å²) in [7, 11) is 1.48. The van der Waals surface area contributed by atoms with Gasteiger partial charge < -0.3 is 10.1 Å². The zero-order valence-electron chi connectivity index (χ0n) is 12.7. The van der Waals surface area contributed by atoms with E-state index in [1.807, 2.05) is 11.8 Å². The lowest BCUT2D eigenvalue weighted by Gasteiger charge is -2.14. The molecule has 1 aliphatic carbocycles. The van der Waals surface area contributed by atoms with Crippen molar-refractivity contribution in [3.05, 3.63) is 0 Å². The van der Waals surface area contributed by atoms with E-state index >= 15 is 0 Å². The first kappa shape index (κ1) is 16.8. The number of methoxy groups -OCH3 is 1. The molecular formula is C15H29NO2S. The Morgan fingerprint density at radius 1 is 1.42 bits per heavy atom. The topological polar surface area (TPSA) is 38.3 Å². The summed E-state index contributed by atoms with van der Waals surface area (Å²) in [6.07, 6.45) is 6.87. The van der Waals surface area contributed by atoms with Crippen LogP contribution < -0.4 is 5.32 Å². The Labute approximate surface area is 122 Å². The highest BCUT2D eigenvalue weighted by atomic mass is 32.2. The molecule has 0 aromatic carbocycles. The third-order valence-electron chi connectivity index (χ3n) is 3.84. The van der Waals surface area contributed by atoms with Gasteiger partial charge in [-0.1, -0.05) is 13.3 Å². The van der Waals surface area contributed by atoms with Crippen LogP contribution in [0.25, 0.3) is 0 Å². The average Bonchev–Trinajstić information content (AvgIpc) is 3.14. The summed E-state index contributed by atoms with van der Waals surface area (Å²) in [6, 6.07) is 0.643. The van der Waals surface area contributed by atoms with Crippen molar-refractivity contribution in [3.8, 4) is 0 Å². The Hall–Kier alpha value is -0.220. The van der Waals surface area contributed by atoms with Crippen LogP contribution in [0.4, 0.5) is 0 Å². The van der Waals surface area contributed by atoms with Gasteiger partial charge >= 0.3 is 5.97 Å². The van der Waals surface area contributed by atoms with Crippen molar-refractivity contribution in [2.45, 2.75) is 58.4 Å². The Kier molecular flexibility index (Phi) is 7.84. The zero-order valence-corrected chi connectivity index (χ0v) is 13.5. The minimum Gasteiger partial charge on any atom is -0.469 e. The Morgan fingerprint density at radius 2 is 2.16 bits per heavy atom. The molecular weight excluding hydrogens is 258 g/mol. The molecule has 0 saturated heterocycles. The van der Waals surface area contributed by atoms with Crippen molar-refractivity contribution in [2.24, 2.45) is 5.41 Å². The van der Waals surface area contributed by atoms with Crippen molar-refractivity contribution >= 4 is 17.7 Å². The molecule has 1 aliphatic rings. The number of carbonyl (C=O) groups excluding carboxylic acids is 1. The number of rotatable bonds is 11. The standard InChI is InChI=1S/C15H29NO2S/c1-4-16-13(2)7-5-6-10-19-12-15(8-9-15)11-14(17)18-3/h13,16H,4-12H2,1-3H3. The number of esters is 1. The van der Waals surface area contributed by atoms with Crippen LogP contribution in [0.3, 0.4) is 0 Å². The minimum atomic E-state index is -0.0439. The third kappa shape index (κ3) is 7.21. The molecule has 4 heteroatoms. The summed E-state index contributed by atoms with van der Waals surface area (Å²) in [5.74, 6) is 2.31. The van der Waals surface area contributed by atoms with Gasteiger partial charge in [0.1, 0.15) is 0 Å². The number of carbonyl (C=O) groups is 1. The summed E-state index contributed by atoms with van der Waals surface area (Å²) < 4.78 is 4.77. The van der Waals surface area contributed by atoms with Gasteiger partial charge in [-0.15, -0.1) is 0 Å². The molecule has 0 radical (unpaired) electrons. The molecule has 0 spiro atoms. The van der Waals surface area contributed by atoms with Crippen LogP contribution in [-0.4, -0.2) is 37.2 Å². The van der Waals surface area contributed by atoms with E-state index in [4.69, 9.17) is 4.74 Å². The number of unbranched alkanes of at least 4 members (excludes halogenated alkanes) is 1. The zero-order chi connectivity index (χ0) is 14.1. The van der Waals surface area contributed by atoms with E-state index in [1.54, 1.807) is 0 Å². The number of nitrogens with one attached hydrogen (secondary N) is 1. The van der Waals surface area contributed by atoms with Gasteiger partial charge in [-0.3, -0.25) is 4.79 Å². The molecule has 19 heavy (non-hydrogen) atoms. The average molecular weight is 287 g/mol. The van der Waals surface area contributed by atoms with Crippen LogP contribution in [0.2, 0.25) is 0 Å². The lowest BCUT2D eigenvalue weighted by Crippen LogP contribution is -2.25. The highest BCUT2D eigenvalue weighted by Crippen LogP contribution is 2.51. The second-order valence-corrected chi connectivity index (χ2v) is 6.87. The molecule has 1 N–H and O–H groups in total. The molecule has 0 aliphatic heterocycles. The van der Waals surface area contributed by atoms with Crippen molar-refractivity contribution < 1.29 is 9.53 Å². The van der Waals surface area contributed by atoms with Gasteiger partial charge in [-0.25, -0.2) is 0 Å². The van der Waals surface area contributed by atoms with Gasteiger partial charge in [0.05, 0.1) is 13.5 Å². The van der Waals surface area contributed by atoms with E-state index in [2.05, 4.69) is 19.2 Å². The number of hydrogen-bond acceptors (Lipinski definition) is 4. The molecule has 1 fully saturated rings. The maximum Gasteiger partial charge on any atom is 0.306 e. The molecule has 0 aromatic heterocycles. The van der Waals surface area contributed by atoms with E-state index in [0.717, 1.165) is 12.3 Å². The van der Waals surface area contributed by atoms with Crippen molar-refractivity contribution in [1.82, 2.24) is 5.32 Å². The van der Waals surface area contributed by atoms with Gasteiger partial charge in [0.25, 0.3) is 0 Å². The van der Waals surface area contributed by atoms with Crippen LogP contribution in [0.15, 0.2) is 0 Å². The lowest BCUT2D eigenvalue weighted by atomic mass is 10.1. The van der Waals surface area contributed by atoms with Gasteiger partial charge in [-0.2, -0.15) is 11.8 Å². The molecule has 3 nitrogen and oxygen atoms in total. The first-order valence-corrected chi connectivity index (χ1v) is 8.65. The SMILES string of the molecule is CCNC(C)CCCCSCC1(CC(=O)OC)CC1. The van der Waals surface area contributed by atoms with Crippen LogP contribution in [0, 0.1) is 5.41 Å². The predicted octanol–water partition coefficient (Wildman–Crippen LogP) is 3.23. The molecule has 1 atom stereocenters. The lowest BCUT2D eigenvalue weighted by molar-refractivity contribution is -0.141. The van der Waals surface area contributed by atoms with Gasteiger partial charge in [0.2, 0.25) is 0 Å². The van der Waals surface area contributed by atoms with Crippen LogP contribution >= 0.6 is 11.8 Å². The second kappa shape index (κ2) is 8.85. The largest absolute Gasteiger partial charge is 0.469 e. The number of thioether (sulfide) groups is 1. The predicted molar refractivity (Wildman–Crippen MR) is 82.6 cm³/mol. The van der Waals surface area contributed by atoms with E-state index in [9.17, 15) is 4.79 Å². The number of hydrogen-bond donors (Lipinski definition) is 1. The fraction of sp³-hybridized carbons (Fsp3) is 0.933. The molecule has 0 amide bonds. The second-order valence-electron chi connectivity index (χ2n) is 5.76. The fourth-order valence-corrected chi connectivity index (χ4v) is 3.70. The smallest absolute Gasteiger partial charge is 0.306 e.